The molecule has 40 heavy (non-hydrogen) atoms. The number of hydrogen-bond donors (Lipinski definition) is 3. The van der Waals surface area contributed by atoms with E-state index in [9.17, 15) is 24.3 Å². The van der Waals surface area contributed by atoms with Crippen molar-refractivity contribution in [2.75, 3.05) is 19.7 Å². The number of rotatable bonds is 11. The highest BCUT2D eigenvalue weighted by Gasteiger charge is 2.35. The normalized spacial score (nSPS) is 17.5. The maximum atomic E-state index is 12.5. The number of carbonyl (C=O) groups is 4. The Morgan fingerprint density at radius 3 is 2.10 bits per heavy atom. The summed E-state index contributed by atoms with van der Waals surface area (Å²) in [4.78, 5) is 49.0. The van der Waals surface area contributed by atoms with Crippen LogP contribution in [-0.2, 0) is 19.1 Å². The van der Waals surface area contributed by atoms with E-state index < -0.39 is 18.1 Å². The minimum absolute atomic E-state index is 0.0193. The summed E-state index contributed by atoms with van der Waals surface area (Å²) in [6, 6.07) is 14.9. The molecule has 0 spiro atoms. The Balaban J connectivity index is 1.21. The summed E-state index contributed by atoms with van der Waals surface area (Å²) in [5.74, 6) is -1.41. The lowest BCUT2D eigenvalue weighted by atomic mass is 9.73. The van der Waals surface area contributed by atoms with E-state index in [-0.39, 0.29) is 41.8 Å². The number of carboxylic acids is 1. The van der Waals surface area contributed by atoms with Gasteiger partial charge in [-0.25, -0.2) is 9.59 Å². The molecule has 8 heteroatoms. The summed E-state index contributed by atoms with van der Waals surface area (Å²) < 4.78 is 5.49. The summed E-state index contributed by atoms with van der Waals surface area (Å²) in [6.45, 7) is 6.87. The van der Waals surface area contributed by atoms with Crippen LogP contribution in [0.5, 0.6) is 0 Å². The fourth-order valence-corrected chi connectivity index (χ4v) is 5.57. The number of hydrogen-bond acceptors (Lipinski definition) is 6. The van der Waals surface area contributed by atoms with E-state index in [1.807, 2.05) is 57.2 Å². The van der Waals surface area contributed by atoms with Gasteiger partial charge in [0.2, 0.25) is 0 Å². The van der Waals surface area contributed by atoms with Gasteiger partial charge in [-0.1, -0.05) is 75.4 Å². The zero-order valence-corrected chi connectivity index (χ0v) is 23.4. The SMILES string of the molecule is CC(C=C1C(=O)CC(C)(C)CC1=O)CCNCC[C@@H](NC(=O)OCC1c2ccccc2-c2ccccc21)C(=O)O. The molecule has 0 radical (unpaired) electrons. The Kier molecular flexibility index (Phi) is 9.20. The average molecular weight is 547 g/mol. The van der Waals surface area contributed by atoms with Gasteiger partial charge in [-0.2, -0.15) is 0 Å². The summed E-state index contributed by atoms with van der Waals surface area (Å²) in [7, 11) is 0. The first-order valence-corrected chi connectivity index (χ1v) is 13.9. The van der Waals surface area contributed by atoms with Gasteiger partial charge >= 0.3 is 12.1 Å². The van der Waals surface area contributed by atoms with Gasteiger partial charge in [0.1, 0.15) is 12.6 Å². The van der Waals surface area contributed by atoms with Gasteiger partial charge in [0.05, 0.1) is 5.57 Å². The van der Waals surface area contributed by atoms with Gasteiger partial charge in [-0.05, 0) is 59.5 Å². The van der Waals surface area contributed by atoms with Crippen molar-refractivity contribution < 1.29 is 29.0 Å². The molecule has 2 aromatic carbocycles. The summed E-state index contributed by atoms with van der Waals surface area (Å²) in [5.41, 5.74) is 4.43. The zero-order chi connectivity index (χ0) is 28.9. The molecule has 0 saturated heterocycles. The predicted octanol–water partition coefficient (Wildman–Crippen LogP) is 4.87. The number of amides is 1. The molecule has 212 valence electrons. The monoisotopic (exact) mass is 546 g/mol. The number of allylic oxidation sites excluding steroid dienone is 2. The smallest absolute Gasteiger partial charge is 0.407 e. The molecule has 8 nitrogen and oxygen atoms in total. The fraction of sp³-hybridized carbons (Fsp3) is 0.438. The first kappa shape index (κ1) is 29.2. The molecule has 0 aromatic heterocycles. The van der Waals surface area contributed by atoms with Crippen molar-refractivity contribution >= 4 is 23.6 Å². The Morgan fingerprint density at radius 1 is 0.975 bits per heavy atom. The molecule has 4 rings (SSSR count). The second kappa shape index (κ2) is 12.6. The Labute approximate surface area is 235 Å². The Bertz CT molecular complexity index is 1250. The highest BCUT2D eigenvalue weighted by Crippen LogP contribution is 2.44. The number of benzene rings is 2. The molecule has 0 bridgehead atoms. The maximum absolute atomic E-state index is 12.5. The first-order chi connectivity index (χ1) is 19.1. The van der Waals surface area contributed by atoms with Crippen molar-refractivity contribution in [3.63, 3.8) is 0 Å². The number of nitrogens with one attached hydrogen (secondary N) is 2. The molecule has 0 aliphatic heterocycles. The number of Topliss-reactive ketones (excluding diaryl/α,β-unsaturated/α-hetero) is 2. The number of ether oxygens (including phenoxy) is 1. The number of fused-ring (bicyclic) bond motifs is 3. The zero-order valence-electron chi connectivity index (χ0n) is 23.4. The van der Waals surface area contributed by atoms with E-state index >= 15 is 0 Å². The molecule has 3 N–H and O–H groups in total. The minimum atomic E-state index is -1.13. The highest BCUT2D eigenvalue weighted by atomic mass is 16.5. The summed E-state index contributed by atoms with van der Waals surface area (Å²) in [6.07, 6.45) is 2.62. The molecule has 2 atom stereocenters. The van der Waals surface area contributed by atoms with Crippen LogP contribution < -0.4 is 10.6 Å². The second-order valence-corrected chi connectivity index (χ2v) is 11.6. The number of carbonyl (C=O) groups excluding carboxylic acids is 3. The minimum Gasteiger partial charge on any atom is -0.480 e. The van der Waals surface area contributed by atoms with E-state index in [0.717, 1.165) is 22.3 Å². The van der Waals surface area contributed by atoms with Crippen molar-refractivity contribution in [1.82, 2.24) is 10.6 Å². The van der Waals surface area contributed by atoms with Crippen LogP contribution in [0.15, 0.2) is 60.2 Å². The van der Waals surface area contributed by atoms with Gasteiger partial charge < -0.3 is 20.5 Å². The maximum Gasteiger partial charge on any atom is 0.407 e. The molecule has 1 unspecified atom stereocenters. The van der Waals surface area contributed by atoms with Crippen LogP contribution in [-0.4, -0.2) is 54.5 Å². The number of ketones is 2. The van der Waals surface area contributed by atoms with Gasteiger partial charge in [0.25, 0.3) is 0 Å². The second-order valence-electron chi connectivity index (χ2n) is 11.6. The van der Waals surface area contributed by atoms with Gasteiger partial charge in [-0.15, -0.1) is 0 Å². The summed E-state index contributed by atoms with van der Waals surface area (Å²) >= 11 is 0. The van der Waals surface area contributed by atoms with Crippen LogP contribution in [0.3, 0.4) is 0 Å². The summed E-state index contributed by atoms with van der Waals surface area (Å²) in [5, 5.41) is 15.3. The molecule has 2 aliphatic rings. The van der Waals surface area contributed by atoms with Gasteiger partial charge in [0, 0.05) is 18.8 Å². The molecule has 0 heterocycles. The first-order valence-electron chi connectivity index (χ1n) is 13.9. The predicted molar refractivity (Wildman–Crippen MR) is 152 cm³/mol. The lowest BCUT2D eigenvalue weighted by Gasteiger charge is -2.28. The number of alkyl carbamates (subject to hydrolysis) is 1. The van der Waals surface area contributed by atoms with Crippen LogP contribution in [0.1, 0.15) is 63.5 Å². The molecular formula is C32H38N2O6. The van der Waals surface area contributed by atoms with E-state index in [1.165, 1.54) is 0 Å². The van der Waals surface area contributed by atoms with Crippen molar-refractivity contribution in [3.8, 4) is 11.1 Å². The molecule has 1 amide bonds. The number of aliphatic carboxylic acids is 1. The van der Waals surface area contributed by atoms with Crippen LogP contribution in [0.2, 0.25) is 0 Å². The fourth-order valence-electron chi connectivity index (χ4n) is 5.57. The van der Waals surface area contributed by atoms with Crippen LogP contribution in [0, 0.1) is 11.3 Å². The van der Waals surface area contributed by atoms with Crippen molar-refractivity contribution in [2.45, 2.75) is 58.4 Å². The Morgan fingerprint density at radius 2 is 1.52 bits per heavy atom. The van der Waals surface area contributed by atoms with Gasteiger partial charge in [0.15, 0.2) is 11.6 Å². The third-order valence-electron chi connectivity index (χ3n) is 7.65. The third kappa shape index (κ3) is 7.04. The molecular weight excluding hydrogens is 508 g/mol. The van der Waals surface area contributed by atoms with Crippen molar-refractivity contribution in [3.05, 3.63) is 71.3 Å². The molecule has 2 aromatic rings. The van der Waals surface area contributed by atoms with Crippen LogP contribution in [0.25, 0.3) is 11.1 Å². The number of carboxylic acid groups (broad SMARTS) is 1. The van der Waals surface area contributed by atoms with Crippen LogP contribution >= 0.6 is 0 Å². The standard InChI is InChI=1S/C32H38N2O6/c1-20(16-25-28(35)17-32(2,3)18-29(25)36)12-14-33-15-13-27(30(37)38)34-31(39)40-19-26-23-10-6-4-8-21(23)22-9-5-7-11-24(22)26/h4-11,16,20,26-27,33H,12-15,17-19H2,1-3H3,(H,34,39)(H,37,38)/t20?,27-/m1/s1. The largest absolute Gasteiger partial charge is 0.480 e. The average Bonchev–Trinajstić information content (AvgIpc) is 3.21. The third-order valence-corrected chi connectivity index (χ3v) is 7.65. The van der Waals surface area contributed by atoms with E-state index in [2.05, 4.69) is 22.8 Å². The quantitative estimate of drug-likeness (QED) is 0.209. The van der Waals surface area contributed by atoms with Crippen LogP contribution in [0.4, 0.5) is 4.79 Å². The van der Waals surface area contributed by atoms with Crippen molar-refractivity contribution in [2.24, 2.45) is 11.3 Å². The lowest BCUT2D eigenvalue weighted by molar-refractivity contribution is -0.139. The Hall–Kier alpha value is -3.78. The van der Waals surface area contributed by atoms with E-state index in [0.29, 0.717) is 37.9 Å². The van der Waals surface area contributed by atoms with E-state index in [4.69, 9.17) is 4.74 Å². The van der Waals surface area contributed by atoms with Crippen molar-refractivity contribution in [1.29, 1.82) is 0 Å². The highest BCUT2D eigenvalue weighted by molar-refractivity contribution is 6.22. The topological polar surface area (TPSA) is 122 Å². The molecule has 2 aliphatic carbocycles. The molecule has 1 saturated carbocycles. The lowest BCUT2D eigenvalue weighted by Crippen LogP contribution is -2.43. The molecule has 1 fully saturated rings. The van der Waals surface area contributed by atoms with Gasteiger partial charge in [-0.3, -0.25) is 9.59 Å². The van der Waals surface area contributed by atoms with E-state index in [1.54, 1.807) is 6.08 Å².